The van der Waals surface area contributed by atoms with Gasteiger partial charge in [-0.25, -0.2) is 0 Å². The van der Waals surface area contributed by atoms with E-state index in [-0.39, 0.29) is 41.8 Å². The van der Waals surface area contributed by atoms with Crippen molar-refractivity contribution >= 4 is 42.9 Å². The standard InChI is InChI=1S/C21H33ClFN4O5PS/c1-13(9-16(23)14(2)22)31-12-18(28)27-33(7-3-4-8-33)19(29)10-24-26-20(30)17-11-32-34-21(25-17)15-5-6-15/h9,15,17,19,21,24-25,29,33H,1-8,10-12H2,(H,26,30)(H,27,28)/b16-9+. The number of hydrazine groups is 1. The van der Waals surface area contributed by atoms with Crippen LogP contribution in [0.15, 0.2) is 35.9 Å². The average molecular weight is 539 g/mol. The number of nitrogens with one attached hydrogen (secondary N) is 4. The molecule has 2 saturated heterocycles. The molecular weight excluding hydrogens is 506 g/mol. The van der Waals surface area contributed by atoms with Gasteiger partial charge in [-0.2, -0.15) is 0 Å². The Hall–Kier alpha value is -1.20. The molecular formula is C21H33ClFN4O5PS. The molecule has 1 saturated carbocycles. The second-order valence-corrected chi connectivity index (χ2v) is 14.4. The molecule has 192 valence electrons. The van der Waals surface area contributed by atoms with E-state index in [0.29, 0.717) is 5.92 Å². The molecule has 3 atom stereocenters. The number of hydrogen-bond acceptors (Lipinski definition) is 8. The predicted molar refractivity (Wildman–Crippen MR) is 134 cm³/mol. The summed E-state index contributed by atoms with van der Waals surface area (Å²) in [5.41, 5.74) is 5.45. The van der Waals surface area contributed by atoms with Crippen LogP contribution in [0.1, 0.15) is 25.7 Å². The number of hydrogen-bond donors (Lipinski definition) is 5. The number of aliphatic hydroxyl groups excluding tert-OH is 1. The van der Waals surface area contributed by atoms with Crippen molar-refractivity contribution in [3.05, 3.63) is 35.9 Å². The van der Waals surface area contributed by atoms with Gasteiger partial charge < -0.3 is 0 Å². The fourth-order valence-corrected chi connectivity index (χ4v) is 9.30. The third kappa shape index (κ3) is 7.91. The van der Waals surface area contributed by atoms with Crippen LogP contribution < -0.4 is 21.3 Å². The van der Waals surface area contributed by atoms with Crippen molar-refractivity contribution in [3.63, 3.8) is 0 Å². The van der Waals surface area contributed by atoms with Crippen LogP contribution in [-0.4, -0.2) is 66.3 Å². The van der Waals surface area contributed by atoms with Gasteiger partial charge in [0.05, 0.1) is 0 Å². The Bertz CT molecular complexity index is 825. The van der Waals surface area contributed by atoms with Gasteiger partial charge in [0.15, 0.2) is 0 Å². The van der Waals surface area contributed by atoms with E-state index in [2.05, 4.69) is 34.4 Å². The van der Waals surface area contributed by atoms with Gasteiger partial charge in [-0.05, 0) is 0 Å². The predicted octanol–water partition coefficient (Wildman–Crippen LogP) is 2.01. The third-order valence-electron chi connectivity index (χ3n) is 6.10. The summed E-state index contributed by atoms with van der Waals surface area (Å²) in [6, 6.07) is -0.464. The molecule has 0 aromatic rings. The van der Waals surface area contributed by atoms with Crippen molar-refractivity contribution in [1.29, 1.82) is 0 Å². The summed E-state index contributed by atoms with van der Waals surface area (Å²) in [5, 5.41) is 17.0. The van der Waals surface area contributed by atoms with Crippen LogP contribution in [0.2, 0.25) is 0 Å². The molecule has 3 rings (SSSR count). The summed E-state index contributed by atoms with van der Waals surface area (Å²) in [4.78, 5) is 25.0. The molecule has 2 heterocycles. The minimum atomic E-state index is -2.59. The van der Waals surface area contributed by atoms with Gasteiger partial charge in [0.2, 0.25) is 0 Å². The molecule has 5 N–H and O–H groups in total. The number of amides is 2. The molecule has 3 unspecified atom stereocenters. The third-order valence-corrected chi connectivity index (χ3v) is 12.0. The zero-order chi connectivity index (χ0) is 24.7. The van der Waals surface area contributed by atoms with Crippen molar-refractivity contribution in [1.82, 2.24) is 21.3 Å². The maximum atomic E-state index is 13.5. The molecule has 9 nitrogen and oxygen atoms in total. The van der Waals surface area contributed by atoms with Crippen molar-refractivity contribution < 1.29 is 28.0 Å². The van der Waals surface area contributed by atoms with Gasteiger partial charge in [0.1, 0.15) is 0 Å². The molecule has 1 aliphatic carbocycles. The van der Waals surface area contributed by atoms with Crippen molar-refractivity contribution in [3.8, 4) is 0 Å². The van der Waals surface area contributed by atoms with Crippen LogP contribution in [0.3, 0.4) is 0 Å². The van der Waals surface area contributed by atoms with Crippen LogP contribution in [0.4, 0.5) is 4.39 Å². The van der Waals surface area contributed by atoms with Crippen molar-refractivity contribution in [2.45, 2.75) is 42.9 Å². The van der Waals surface area contributed by atoms with Gasteiger partial charge in [-0.3, -0.25) is 0 Å². The Morgan fingerprint density at radius 3 is 2.71 bits per heavy atom. The van der Waals surface area contributed by atoms with Crippen LogP contribution in [0, 0.1) is 5.92 Å². The van der Waals surface area contributed by atoms with E-state index in [4.69, 9.17) is 20.5 Å². The number of aliphatic hydroxyl groups is 1. The molecule has 13 heteroatoms. The maximum absolute atomic E-state index is 13.5. The molecule has 0 spiro atoms. The van der Waals surface area contributed by atoms with Crippen LogP contribution in [0.25, 0.3) is 0 Å². The molecule has 0 bridgehead atoms. The monoisotopic (exact) mass is 538 g/mol. The zero-order valence-corrected chi connectivity index (χ0v) is 21.5. The summed E-state index contributed by atoms with van der Waals surface area (Å²) in [5.74, 6) is -1.80. The first-order chi connectivity index (χ1) is 16.2. The Morgan fingerprint density at radius 2 is 2.06 bits per heavy atom. The van der Waals surface area contributed by atoms with Crippen LogP contribution in [-0.2, 0) is 18.5 Å². The van der Waals surface area contributed by atoms with Crippen LogP contribution >= 0.6 is 31.1 Å². The Kier molecular flexibility index (Phi) is 10.2. The van der Waals surface area contributed by atoms with Crippen molar-refractivity contribution in [2.75, 3.05) is 32.1 Å². The number of allylic oxidation sites excluding steroid dienone is 3. The number of carbonyl (C=O) groups is 2. The van der Waals surface area contributed by atoms with Gasteiger partial charge in [-0.1, -0.05) is 0 Å². The number of ether oxygens (including phenoxy) is 1. The van der Waals surface area contributed by atoms with Gasteiger partial charge in [0.25, 0.3) is 0 Å². The summed E-state index contributed by atoms with van der Waals surface area (Å²) in [6.45, 7) is 6.78. The summed E-state index contributed by atoms with van der Waals surface area (Å²) < 4.78 is 24.1. The quantitative estimate of drug-likeness (QED) is 0.0841. The molecule has 2 aliphatic heterocycles. The van der Waals surface area contributed by atoms with E-state index in [9.17, 15) is 19.1 Å². The molecule has 3 fully saturated rings. The summed E-state index contributed by atoms with van der Waals surface area (Å²) >= 11 is 6.83. The normalized spacial score (nSPS) is 26.3. The summed E-state index contributed by atoms with van der Waals surface area (Å²) in [7, 11) is -2.59. The Balaban J connectivity index is 1.43. The van der Waals surface area contributed by atoms with Crippen molar-refractivity contribution in [2.24, 2.45) is 5.92 Å². The topological polar surface area (TPSA) is 121 Å². The Labute approximate surface area is 208 Å². The average Bonchev–Trinajstić information content (AvgIpc) is 3.56. The zero-order valence-electron chi connectivity index (χ0n) is 18.9. The van der Waals surface area contributed by atoms with Gasteiger partial charge in [0, 0.05) is 0 Å². The van der Waals surface area contributed by atoms with Crippen LogP contribution in [0.5, 0.6) is 0 Å². The first-order valence-electron chi connectivity index (χ1n) is 11.3. The number of halogens is 2. The van der Waals surface area contributed by atoms with E-state index in [1.807, 2.05) is 0 Å². The second kappa shape index (κ2) is 12.7. The van der Waals surface area contributed by atoms with E-state index in [0.717, 1.165) is 44.1 Å². The van der Waals surface area contributed by atoms with Gasteiger partial charge >= 0.3 is 209 Å². The van der Waals surface area contributed by atoms with Gasteiger partial charge in [-0.15, -0.1) is 0 Å². The molecule has 0 aromatic heterocycles. The molecule has 0 radical (unpaired) electrons. The molecule has 0 aromatic carbocycles. The molecule has 34 heavy (non-hydrogen) atoms. The van der Waals surface area contributed by atoms with E-state index >= 15 is 0 Å². The fourth-order valence-electron chi connectivity index (χ4n) is 4.02. The van der Waals surface area contributed by atoms with E-state index in [1.54, 1.807) is 0 Å². The molecule has 3 aliphatic rings. The first-order valence-corrected chi connectivity index (χ1v) is 15.0. The number of rotatable bonds is 12. The van der Waals surface area contributed by atoms with E-state index in [1.165, 1.54) is 12.0 Å². The second-order valence-electron chi connectivity index (χ2n) is 8.81. The number of carbonyl (C=O) groups excluding carboxylic acids is 2. The fraction of sp³-hybridized carbons (Fsp3) is 0.619. The van der Waals surface area contributed by atoms with E-state index < -0.39 is 31.0 Å². The Morgan fingerprint density at radius 1 is 1.35 bits per heavy atom. The summed E-state index contributed by atoms with van der Waals surface area (Å²) in [6.07, 6.45) is 6.47. The molecule has 2 amide bonds. The SMILES string of the molecule is C=C(/C=C(/F)C(=C)Cl)OCC(=O)N[PH]1(C(O)CNNC(=O)C2COSC(C3CC3)N2)CCCC1. The minimum absolute atomic E-state index is 0.0656. The first kappa shape index (κ1) is 27.4.